The van der Waals surface area contributed by atoms with Crippen LogP contribution in [-0.2, 0) is 14.3 Å². The number of nitrogens with one attached hydrogen (secondary N) is 1. The third kappa shape index (κ3) is 3.80. The molecule has 1 fully saturated rings. The lowest BCUT2D eigenvalue weighted by atomic mass is 9.86. The maximum absolute atomic E-state index is 11.6. The van der Waals surface area contributed by atoms with Crippen LogP contribution in [0.15, 0.2) is 22.7 Å². The van der Waals surface area contributed by atoms with Gasteiger partial charge in [-0.2, -0.15) is 0 Å². The van der Waals surface area contributed by atoms with Gasteiger partial charge in [0.2, 0.25) is 0 Å². The Morgan fingerprint density at radius 1 is 1.42 bits per heavy atom. The van der Waals surface area contributed by atoms with Gasteiger partial charge in [-0.3, -0.25) is 9.59 Å². The molecular weight excluding hydrogens is 310 g/mol. The van der Waals surface area contributed by atoms with Gasteiger partial charge >= 0.3 is 5.97 Å². The highest BCUT2D eigenvalue weighted by molar-refractivity contribution is 9.10. The molecule has 1 aliphatic rings. The summed E-state index contributed by atoms with van der Waals surface area (Å²) in [6.07, 6.45) is 2.84. The van der Waals surface area contributed by atoms with Crippen LogP contribution in [0.1, 0.15) is 24.8 Å². The average Bonchev–Trinajstić information content (AvgIpc) is 2.29. The Kier molecular flexibility index (Phi) is 4.58. The lowest BCUT2D eigenvalue weighted by molar-refractivity contribution is -0.154. The molecule has 1 amide bonds. The summed E-state index contributed by atoms with van der Waals surface area (Å²) < 4.78 is 5.96. The summed E-state index contributed by atoms with van der Waals surface area (Å²) in [6.45, 7) is 1.72. The van der Waals surface area contributed by atoms with E-state index < -0.39 is 0 Å². The van der Waals surface area contributed by atoms with Crippen molar-refractivity contribution in [2.45, 2.75) is 26.2 Å². The molecule has 0 atom stereocenters. The topological polar surface area (TPSA) is 55.4 Å². The summed E-state index contributed by atoms with van der Waals surface area (Å²) in [5.74, 6) is -0.564. The molecule has 5 heteroatoms. The SMILES string of the molecule is Cc1cc(NC(=O)COC(=O)C2CCC2)ccc1Br. The van der Waals surface area contributed by atoms with Gasteiger partial charge < -0.3 is 10.1 Å². The minimum Gasteiger partial charge on any atom is -0.455 e. The second-order valence-electron chi connectivity index (χ2n) is 4.75. The number of carbonyl (C=O) groups excluding carboxylic acids is 2. The van der Waals surface area contributed by atoms with Crippen molar-refractivity contribution in [2.75, 3.05) is 11.9 Å². The highest BCUT2D eigenvalue weighted by Gasteiger charge is 2.27. The summed E-state index contributed by atoms with van der Waals surface area (Å²) >= 11 is 3.39. The van der Waals surface area contributed by atoms with Crippen LogP contribution in [-0.4, -0.2) is 18.5 Å². The monoisotopic (exact) mass is 325 g/mol. The maximum atomic E-state index is 11.6. The molecule has 1 aromatic rings. The summed E-state index contributed by atoms with van der Waals surface area (Å²) in [5, 5.41) is 2.70. The molecule has 0 bridgehead atoms. The number of amides is 1. The highest BCUT2D eigenvalue weighted by Crippen LogP contribution is 2.27. The number of rotatable bonds is 4. The third-order valence-electron chi connectivity index (χ3n) is 3.23. The van der Waals surface area contributed by atoms with E-state index in [9.17, 15) is 9.59 Å². The zero-order chi connectivity index (χ0) is 13.8. The number of hydrogen-bond acceptors (Lipinski definition) is 3. The van der Waals surface area contributed by atoms with Crippen molar-refractivity contribution in [3.8, 4) is 0 Å². The minimum atomic E-state index is -0.311. The molecule has 19 heavy (non-hydrogen) atoms. The van der Waals surface area contributed by atoms with Crippen LogP contribution in [0.2, 0.25) is 0 Å². The van der Waals surface area contributed by atoms with E-state index in [1.807, 2.05) is 19.1 Å². The lowest BCUT2D eigenvalue weighted by Crippen LogP contribution is -2.28. The molecule has 0 spiro atoms. The van der Waals surface area contributed by atoms with Crippen LogP contribution in [0.3, 0.4) is 0 Å². The van der Waals surface area contributed by atoms with E-state index in [2.05, 4.69) is 21.2 Å². The average molecular weight is 326 g/mol. The molecular formula is C14H16BrNO3. The third-order valence-corrected chi connectivity index (χ3v) is 4.12. The van der Waals surface area contributed by atoms with E-state index in [-0.39, 0.29) is 24.4 Å². The number of halogens is 1. The van der Waals surface area contributed by atoms with Crippen LogP contribution in [0.25, 0.3) is 0 Å². The van der Waals surface area contributed by atoms with Crippen LogP contribution < -0.4 is 5.32 Å². The summed E-state index contributed by atoms with van der Waals surface area (Å²) in [4.78, 5) is 23.1. The van der Waals surface area contributed by atoms with E-state index in [4.69, 9.17) is 4.74 Å². The minimum absolute atomic E-state index is 0.00252. The van der Waals surface area contributed by atoms with Crippen molar-refractivity contribution in [3.63, 3.8) is 0 Å². The van der Waals surface area contributed by atoms with E-state index in [1.165, 1.54) is 0 Å². The van der Waals surface area contributed by atoms with Crippen LogP contribution in [0, 0.1) is 12.8 Å². The van der Waals surface area contributed by atoms with Crippen LogP contribution in [0.5, 0.6) is 0 Å². The summed E-state index contributed by atoms with van der Waals surface area (Å²) in [5.41, 5.74) is 1.73. The molecule has 1 aromatic carbocycles. The van der Waals surface area contributed by atoms with Gasteiger partial charge in [0.05, 0.1) is 5.92 Å². The molecule has 0 unspecified atom stereocenters. The van der Waals surface area contributed by atoms with Gasteiger partial charge in [0.15, 0.2) is 6.61 Å². The summed E-state index contributed by atoms with van der Waals surface area (Å²) in [7, 11) is 0. The highest BCUT2D eigenvalue weighted by atomic mass is 79.9. The number of hydrogen-bond donors (Lipinski definition) is 1. The number of benzene rings is 1. The van der Waals surface area contributed by atoms with E-state index >= 15 is 0 Å². The Labute approximate surface area is 120 Å². The van der Waals surface area contributed by atoms with E-state index in [1.54, 1.807) is 6.07 Å². The fraction of sp³-hybridized carbons (Fsp3) is 0.429. The van der Waals surface area contributed by atoms with Crippen molar-refractivity contribution >= 4 is 33.5 Å². The van der Waals surface area contributed by atoms with Crippen molar-refractivity contribution in [2.24, 2.45) is 5.92 Å². The molecule has 1 aliphatic carbocycles. The summed E-state index contributed by atoms with van der Waals surface area (Å²) in [6, 6.07) is 5.52. The Morgan fingerprint density at radius 2 is 2.16 bits per heavy atom. The first-order chi connectivity index (χ1) is 9.06. The van der Waals surface area contributed by atoms with Gasteiger partial charge in [0, 0.05) is 10.2 Å². The Hall–Kier alpha value is -1.36. The number of carbonyl (C=O) groups is 2. The van der Waals surface area contributed by atoms with Crippen molar-refractivity contribution in [3.05, 3.63) is 28.2 Å². The molecule has 4 nitrogen and oxygen atoms in total. The van der Waals surface area contributed by atoms with Crippen molar-refractivity contribution < 1.29 is 14.3 Å². The molecule has 0 aromatic heterocycles. The fourth-order valence-corrected chi connectivity index (χ4v) is 2.06. The number of aryl methyl sites for hydroxylation is 1. The Morgan fingerprint density at radius 3 is 2.74 bits per heavy atom. The number of esters is 1. The standard InChI is InChI=1S/C14H16BrNO3/c1-9-7-11(5-6-12(9)15)16-13(17)8-19-14(18)10-3-2-4-10/h5-7,10H,2-4,8H2,1H3,(H,16,17). The van der Waals surface area contributed by atoms with E-state index in [0.29, 0.717) is 5.69 Å². The van der Waals surface area contributed by atoms with Gasteiger partial charge in [-0.25, -0.2) is 0 Å². The predicted molar refractivity (Wildman–Crippen MR) is 75.8 cm³/mol. The predicted octanol–water partition coefficient (Wildman–Crippen LogP) is 3.04. The Balaban J connectivity index is 1.80. The van der Waals surface area contributed by atoms with E-state index in [0.717, 1.165) is 29.3 Å². The van der Waals surface area contributed by atoms with Crippen molar-refractivity contribution in [1.29, 1.82) is 0 Å². The Bertz CT molecular complexity index is 497. The first kappa shape index (κ1) is 14.1. The maximum Gasteiger partial charge on any atom is 0.309 e. The van der Waals surface area contributed by atoms with Gasteiger partial charge in [0.1, 0.15) is 0 Å². The largest absolute Gasteiger partial charge is 0.455 e. The fourth-order valence-electron chi connectivity index (χ4n) is 1.82. The number of anilines is 1. The second kappa shape index (κ2) is 6.19. The normalized spacial score (nSPS) is 14.6. The molecule has 0 radical (unpaired) electrons. The lowest BCUT2D eigenvalue weighted by Gasteiger charge is -2.22. The van der Waals surface area contributed by atoms with Gasteiger partial charge in [-0.05, 0) is 43.5 Å². The molecule has 1 saturated carbocycles. The molecule has 0 aliphatic heterocycles. The smallest absolute Gasteiger partial charge is 0.309 e. The zero-order valence-electron chi connectivity index (χ0n) is 10.7. The van der Waals surface area contributed by atoms with Crippen LogP contribution in [0.4, 0.5) is 5.69 Å². The molecule has 2 rings (SSSR count). The molecule has 1 N–H and O–H groups in total. The molecule has 102 valence electrons. The van der Waals surface area contributed by atoms with Crippen LogP contribution >= 0.6 is 15.9 Å². The van der Waals surface area contributed by atoms with Gasteiger partial charge in [0.25, 0.3) is 5.91 Å². The van der Waals surface area contributed by atoms with Gasteiger partial charge in [-0.1, -0.05) is 22.4 Å². The first-order valence-electron chi connectivity index (χ1n) is 6.29. The van der Waals surface area contributed by atoms with Crippen molar-refractivity contribution in [1.82, 2.24) is 0 Å². The molecule has 0 saturated heterocycles. The quantitative estimate of drug-likeness (QED) is 0.865. The molecule has 0 heterocycles. The second-order valence-corrected chi connectivity index (χ2v) is 5.60. The zero-order valence-corrected chi connectivity index (χ0v) is 12.3. The van der Waals surface area contributed by atoms with Gasteiger partial charge in [-0.15, -0.1) is 0 Å². The number of ether oxygens (including phenoxy) is 1. The first-order valence-corrected chi connectivity index (χ1v) is 7.08.